The van der Waals surface area contributed by atoms with Crippen molar-refractivity contribution in [2.45, 2.75) is 32.6 Å². The van der Waals surface area contributed by atoms with Crippen LogP contribution in [-0.2, 0) is 11.2 Å². The van der Waals surface area contributed by atoms with Crippen molar-refractivity contribution in [1.82, 2.24) is 20.2 Å². The number of hydrogen-bond donors (Lipinski definition) is 1. The highest BCUT2D eigenvalue weighted by Crippen LogP contribution is 2.16. The van der Waals surface area contributed by atoms with Gasteiger partial charge in [0.05, 0.1) is 5.69 Å². The molecule has 0 aliphatic heterocycles. The molecule has 6 heteroatoms. The SMILES string of the molecule is CC(C)c1nnnn1-c1ccc(CCC(=O)O)cc1. The molecule has 0 unspecified atom stereocenters. The maximum Gasteiger partial charge on any atom is 0.303 e. The van der Waals surface area contributed by atoms with Crippen molar-refractivity contribution in [1.29, 1.82) is 0 Å². The van der Waals surface area contributed by atoms with Crippen LogP contribution >= 0.6 is 0 Å². The maximum atomic E-state index is 10.5. The molecular formula is C13H16N4O2. The van der Waals surface area contributed by atoms with Gasteiger partial charge in [0.1, 0.15) is 0 Å². The number of benzene rings is 1. The Labute approximate surface area is 111 Å². The van der Waals surface area contributed by atoms with Gasteiger partial charge in [-0.2, -0.15) is 4.68 Å². The third-order valence-electron chi connectivity index (χ3n) is 2.82. The summed E-state index contributed by atoms with van der Waals surface area (Å²) in [6.07, 6.45) is 0.670. The summed E-state index contributed by atoms with van der Waals surface area (Å²) in [5.74, 6) is 0.256. The average molecular weight is 260 g/mol. The fourth-order valence-electron chi connectivity index (χ4n) is 1.79. The van der Waals surface area contributed by atoms with Crippen LogP contribution in [0.3, 0.4) is 0 Å². The second kappa shape index (κ2) is 5.60. The lowest BCUT2D eigenvalue weighted by Gasteiger charge is -2.07. The molecule has 0 amide bonds. The number of nitrogens with zero attached hydrogens (tertiary/aromatic N) is 4. The Balaban J connectivity index is 2.18. The quantitative estimate of drug-likeness (QED) is 0.886. The molecule has 0 fully saturated rings. The van der Waals surface area contributed by atoms with Crippen LogP contribution in [-0.4, -0.2) is 31.3 Å². The van der Waals surface area contributed by atoms with Gasteiger partial charge in [-0.25, -0.2) is 0 Å². The van der Waals surface area contributed by atoms with Crippen LogP contribution in [0.2, 0.25) is 0 Å². The Hall–Kier alpha value is -2.24. The van der Waals surface area contributed by atoms with E-state index in [0.717, 1.165) is 17.1 Å². The molecule has 1 aromatic heterocycles. The van der Waals surface area contributed by atoms with E-state index in [4.69, 9.17) is 5.11 Å². The van der Waals surface area contributed by atoms with Gasteiger partial charge in [0.2, 0.25) is 0 Å². The number of hydrogen-bond acceptors (Lipinski definition) is 4. The molecule has 0 bridgehead atoms. The Kier molecular flexibility index (Phi) is 3.89. The molecule has 1 heterocycles. The Bertz CT molecular complexity index is 560. The van der Waals surface area contributed by atoms with Crippen LogP contribution in [0.1, 0.15) is 37.6 Å². The van der Waals surface area contributed by atoms with Crippen molar-refractivity contribution in [3.05, 3.63) is 35.7 Å². The van der Waals surface area contributed by atoms with E-state index in [2.05, 4.69) is 15.5 Å². The molecule has 0 saturated carbocycles. The highest BCUT2D eigenvalue weighted by Gasteiger charge is 2.11. The van der Waals surface area contributed by atoms with Crippen molar-refractivity contribution < 1.29 is 9.90 Å². The molecule has 1 N–H and O–H groups in total. The van der Waals surface area contributed by atoms with E-state index in [1.807, 2.05) is 38.1 Å². The summed E-state index contributed by atoms with van der Waals surface area (Å²) in [6.45, 7) is 4.06. The van der Waals surface area contributed by atoms with Crippen LogP contribution in [0.4, 0.5) is 0 Å². The van der Waals surface area contributed by atoms with Gasteiger partial charge in [0.25, 0.3) is 0 Å². The van der Waals surface area contributed by atoms with E-state index in [0.29, 0.717) is 6.42 Å². The minimum atomic E-state index is -0.786. The zero-order chi connectivity index (χ0) is 13.8. The molecule has 0 aliphatic rings. The third kappa shape index (κ3) is 3.15. The number of aliphatic carboxylic acids is 1. The van der Waals surface area contributed by atoms with Crippen LogP contribution in [0.15, 0.2) is 24.3 Å². The van der Waals surface area contributed by atoms with Gasteiger partial charge in [0, 0.05) is 12.3 Å². The molecule has 0 radical (unpaired) electrons. The van der Waals surface area contributed by atoms with E-state index >= 15 is 0 Å². The zero-order valence-electron chi connectivity index (χ0n) is 10.9. The summed E-state index contributed by atoms with van der Waals surface area (Å²) in [5, 5.41) is 20.3. The molecule has 0 atom stereocenters. The molecule has 2 rings (SSSR count). The fourth-order valence-corrected chi connectivity index (χ4v) is 1.79. The molecular weight excluding hydrogens is 244 g/mol. The smallest absolute Gasteiger partial charge is 0.303 e. The summed E-state index contributed by atoms with van der Waals surface area (Å²) in [7, 11) is 0. The van der Waals surface area contributed by atoms with Gasteiger partial charge < -0.3 is 5.11 Å². The van der Waals surface area contributed by atoms with Crippen molar-refractivity contribution in [3.8, 4) is 5.69 Å². The molecule has 19 heavy (non-hydrogen) atoms. The van der Waals surface area contributed by atoms with E-state index in [-0.39, 0.29) is 12.3 Å². The Morgan fingerprint density at radius 3 is 2.58 bits per heavy atom. The number of tetrazole rings is 1. The van der Waals surface area contributed by atoms with E-state index in [1.165, 1.54) is 0 Å². The Morgan fingerprint density at radius 2 is 2.00 bits per heavy atom. The van der Waals surface area contributed by atoms with Gasteiger partial charge in [-0.3, -0.25) is 4.79 Å². The molecule has 0 saturated heterocycles. The molecule has 100 valence electrons. The van der Waals surface area contributed by atoms with E-state index < -0.39 is 5.97 Å². The van der Waals surface area contributed by atoms with E-state index in [1.54, 1.807) is 4.68 Å². The van der Waals surface area contributed by atoms with Crippen LogP contribution < -0.4 is 0 Å². The first-order valence-electron chi connectivity index (χ1n) is 6.17. The van der Waals surface area contributed by atoms with Crippen molar-refractivity contribution in [3.63, 3.8) is 0 Å². The average Bonchev–Trinajstić information content (AvgIpc) is 2.86. The minimum Gasteiger partial charge on any atom is -0.481 e. The molecule has 6 nitrogen and oxygen atoms in total. The zero-order valence-corrected chi connectivity index (χ0v) is 10.9. The standard InChI is InChI=1S/C13H16N4O2/c1-9(2)13-14-15-16-17(13)11-6-3-10(4-7-11)5-8-12(18)19/h3-4,6-7,9H,5,8H2,1-2H3,(H,18,19). The number of aromatic nitrogens is 4. The highest BCUT2D eigenvalue weighted by molar-refractivity contribution is 5.67. The minimum absolute atomic E-state index is 0.140. The summed E-state index contributed by atoms with van der Waals surface area (Å²) >= 11 is 0. The predicted molar refractivity (Wildman–Crippen MR) is 69.2 cm³/mol. The fraction of sp³-hybridized carbons (Fsp3) is 0.385. The van der Waals surface area contributed by atoms with Crippen LogP contribution in [0.5, 0.6) is 0 Å². The van der Waals surface area contributed by atoms with Gasteiger partial charge >= 0.3 is 5.97 Å². The first kappa shape index (κ1) is 13.2. The number of carbonyl (C=O) groups is 1. The summed E-state index contributed by atoms with van der Waals surface area (Å²) in [5.41, 5.74) is 1.87. The number of carboxylic acids is 1. The van der Waals surface area contributed by atoms with Gasteiger partial charge in [0.15, 0.2) is 5.82 Å². The summed E-state index contributed by atoms with van der Waals surface area (Å²) in [6, 6.07) is 7.62. The number of aryl methyl sites for hydroxylation is 1. The summed E-state index contributed by atoms with van der Waals surface area (Å²) < 4.78 is 1.70. The largest absolute Gasteiger partial charge is 0.481 e. The number of carboxylic acid groups (broad SMARTS) is 1. The first-order chi connectivity index (χ1) is 9.08. The Morgan fingerprint density at radius 1 is 1.32 bits per heavy atom. The second-order valence-electron chi connectivity index (χ2n) is 4.66. The lowest BCUT2D eigenvalue weighted by molar-refractivity contribution is -0.136. The third-order valence-corrected chi connectivity index (χ3v) is 2.82. The molecule has 1 aromatic carbocycles. The maximum absolute atomic E-state index is 10.5. The van der Waals surface area contributed by atoms with Crippen molar-refractivity contribution in [2.75, 3.05) is 0 Å². The summed E-state index contributed by atoms with van der Waals surface area (Å²) in [4.78, 5) is 10.5. The van der Waals surface area contributed by atoms with E-state index in [9.17, 15) is 4.79 Å². The van der Waals surface area contributed by atoms with Crippen LogP contribution in [0, 0.1) is 0 Å². The normalized spacial score (nSPS) is 10.9. The van der Waals surface area contributed by atoms with Gasteiger partial charge in [-0.05, 0) is 34.5 Å². The lowest BCUT2D eigenvalue weighted by atomic mass is 10.1. The highest BCUT2D eigenvalue weighted by atomic mass is 16.4. The second-order valence-corrected chi connectivity index (χ2v) is 4.66. The first-order valence-corrected chi connectivity index (χ1v) is 6.17. The van der Waals surface area contributed by atoms with Crippen molar-refractivity contribution in [2.24, 2.45) is 0 Å². The topological polar surface area (TPSA) is 80.9 Å². The van der Waals surface area contributed by atoms with Gasteiger partial charge in [-0.15, -0.1) is 5.10 Å². The number of rotatable bonds is 5. The lowest BCUT2D eigenvalue weighted by Crippen LogP contribution is -2.05. The molecule has 2 aromatic rings. The van der Waals surface area contributed by atoms with Crippen LogP contribution in [0.25, 0.3) is 5.69 Å². The van der Waals surface area contributed by atoms with Crippen molar-refractivity contribution >= 4 is 5.97 Å². The molecule has 0 spiro atoms. The molecule has 0 aliphatic carbocycles. The monoisotopic (exact) mass is 260 g/mol. The van der Waals surface area contributed by atoms with Gasteiger partial charge in [-0.1, -0.05) is 26.0 Å². The predicted octanol–water partition coefficient (Wildman–Crippen LogP) is 1.80.